The molecule has 2 bridgehead atoms. The van der Waals surface area contributed by atoms with Crippen molar-refractivity contribution in [1.82, 2.24) is 0 Å². The second-order valence-electron chi connectivity index (χ2n) is 15.2. The molecular weight excluding hydrogens is 688 g/mol. The molecule has 3 aliphatic rings. The molecule has 3 aliphatic carbocycles. The summed E-state index contributed by atoms with van der Waals surface area (Å²) in [5.41, 5.74) is 1.48. The van der Waals surface area contributed by atoms with Crippen molar-refractivity contribution in [3.8, 4) is 0 Å². The lowest BCUT2D eigenvalue weighted by Gasteiger charge is -2.60. The summed E-state index contributed by atoms with van der Waals surface area (Å²) in [6.07, 6.45) is 2.21. The van der Waals surface area contributed by atoms with Crippen LogP contribution in [0.25, 0.3) is 12.2 Å². The highest BCUT2D eigenvalue weighted by Crippen LogP contribution is 2.61. The van der Waals surface area contributed by atoms with Crippen LogP contribution in [0, 0.1) is 22.7 Å². The number of fused-ring (bicyclic) bond motifs is 3. The largest absolute Gasteiger partial charge is 0.462 e. The summed E-state index contributed by atoms with van der Waals surface area (Å²) < 4.78 is 30.8. The van der Waals surface area contributed by atoms with Gasteiger partial charge in [-0.05, 0) is 71.6 Å². The van der Waals surface area contributed by atoms with E-state index in [9.17, 15) is 24.0 Å². The van der Waals surface area contributed by atoms with E-state index in [1.807, 2.05) is 88.4 Å². The van der Waals surface area contributed by atoms with E-state index >= 15 is 0 Å². The van der Waals surface area contributed by atoms with Crippen LogP contribution in [0.4, 0.5) is 0 Å². The predicted molar refractivity (Wildman–Crippen MR) is 202 cm³/mol. The van der Waals surface area contributed by atoms with Gasteiger partial charge in [-0.2, -0.15) is 0 Å². The van der Waals surface area contributed by atoms with Gasteiger partial charge in [0.25, 0.3) is 0 Å². The summed E-state index contributed by atoms with van der Waals surface area (Å²) in [5.74, 6) is -4.21. The van der Waals surface area contributed by atoms with Gasteiger partial charge < -0.3 is 23.7 Å². The van der Waals surface area contributed by atoms with E-state index in [-0.39, 0.29) is 6.42 Å². The molecule has 286 valence electrons. The highest BCUT2D eigenvalue weighted by Gasteiger charge is 2.64. The summed E-state index contributed by atoms with van der Waals surface area (Å²) in [6, 6.07) is 18.7. The maximum Gasteiger partial charge on any atom is 0.331 e. The number of carbonyl (C=O) groups excluding carboxylic acids is 5. The van der Waals surface area contributed by atoms with E-state index in [0.29, 0.717) is 29.6 Å². The quantitative estimate of drug-likeness (QED) is 0.111. The van der Waals surface area contributed by atoms with Gasteiger partial charge in [0.15, 0.2) is 6.10 Å². The molecular formula is C44H50O10. The fraction of sp³-hybridized carbons (Fsp3) is 0.432. The van der Waals surface area contributed by atoms with Crippen LogP contribution in [0.5, 0.6) is 0 Å². The maximum atomic E-state index is 13.4. The van der Waals surface area contributed by atoms with Crippen LogP contribution in [0.1, 0.15) is 78.9 Å². The Bertz CT molecular complexity index is 1860. The Hall–Kier alpha value is -5.25. The van der Waals surface area contributed by atoms with E-state index in [1.54, 1.807) is 12.2 Å². The van der Waals surface area contributed by atoms with E-state index in [4.69, 9.17) is 23.7 Å². The monoisotopic (exact) mass is 738 g/mol. The van der Waals surface area contributed by atoms with Crippen LogP contribution in [-0.2, 0) is 47.7 Å². The second kappa shape index (κ2) is 16.4. The van der Waals surface area contributed by atoms with Crippen molar-refractivity contribution in [1.29, 1.82) is 0 Å². The van der Waals surface area contributed by atoms with Crippen molar-refractivity contribution < 1.29 is 47.7 Å². The van der Waals surface area contributed by atoms with Gasteiger partial charge in [0.1, 0.15) is 24.4 Å². The summed E-state index contributed by atoms with van der Waals surface area (Å²) >= 11 is 0. The molecule has 8 unspecified atom stereocenters. The van der Waals surface area contributed by atoms with Crippen LogP contribution in [0.3, 0.4) is 0 Å². The van der Waals surface area contributed by atoms with Crippen LogP contribution >= 0.6 is 0 Å². The van der Waals surface area contributed by atoms with Crippen LogP contribution in [0.2, 0.25) is 0 Å². The minimum Gasteiger partial charge on any atom is -0.462 e. The molecule has 5 rings (SSSR count). The summed E-state index contributed by atoms with van der Waals surface area (Å²) in [7, 11) is 0. The number of rotatable bonds is 9. The highest BCUT2D eigenvalue weighted by molar-refractivity contribution is 5.88. The Balaban J connectivity index is 1.62. The number of ether oxygens (including phenoxy) is 5. The maximum absolute atomic E-state index is 13.4. The van der Waals surface area contributed by atoms with Crippen LogP contribution < -0.4 is 0 Å². The average Bonchev–Trinajstić information content (AvgIpc) is 3.10. The topological polar surface area (TPSA) is 132 Å². The third kappa shape index (κ3) is 8.59. The molecule has 54 heavy (non-hydrogen) atoms. The van der Waals surface area contributed by atoms with Crippen LogP contribution in [-0.4, -0.2) is 60.4 Å². The predicted octanol–water partition coefficient (Wildman–Crippen LogP) is 7.38. The van der Waals surface area contributed by atoms with Crippen molar-refractivity contribution in [3.05, 3.63) is 107 Å². The number of esters is 5. The van der Waals surface area contributed by atoms with Crippen molar-refractivity contribution in [2.45, 2.75) is 98.2 Å². The lowest BCUT2D eigenvalue weighted by atomic mass is 9.49. The third-order valence-electron chi connectivity index (χ3n) is 11.2. The van der Waals surface area contributed by atoms with Gasteiger partial charge >= 0.3 is 29.8 Å². The van der Waals surface area contributed by atoms with Gasteiger partial charge in [-0.3, -0.25) is 14.4 Å². The SMILES string of the molecule is C=C1C(OC(=O)C=Cc2ccccc2)CCC2(C)C(OC(C)=O)C(OC(C)=O)C3=C(C)C(OC(=O)C=Cc4ccccc4)CC(C(OC(C)=O)C12)C3(C)C. The molecule has 2 aromatic carbocycles. The summed E-state index contributed by atoms with van der Waals surface area (Å²) in [5, 5.41) is 0. The number of benzene rings is 2. The smallest absolute Gasteiger partial charge is 0.331 e. The first-order valence-electron chi connectivity index (χ1n) is 18.3. The zero-order valence-corrected chi connectivity index (χ0v) is 32.0. The summed E-state index contributed by atoms with van der Waals surface area (Å²) in [6.45, 7) is 16.0. The first kappa shape index (κ1) is 39.9. The molecule has 10 nitrogen and oxygen atoms in total. The van der Waals surface area contributed by atoms with E-state index in [0.717, 1.165) is 11.1 Å². The minimum atomic E-state index is -1.10. The molecule has 2 aromatic rings. The molecule has 0 amide bonds. The molecule has 0 heterocycles. The normalized spacial score (nSPS) is 29.0. The molecule has 0 spiro atoms. The van der Waals surface area contributed by atoms with E-state index < -0.39 is 83.0 Å². The molecule has 2 saturated carbocycles. The third-order valence-corrected chi connectivity index (χ3v) is 11.2. The first-order chi connectivity index (χ1) is 25.5. The minimum absolute atomic E-state index is 0.250. The van der Waals surface area contributed by atoms with E-state index in [2.05, 4.69) is 6.58 Å². The average molecular weight is 739 g/mol. The van der Waals surface area contributed by atoms with Gasteiger partial charge in [0, 0.05) is 50.2 Å². The Morgan fingerprint density at radius 3 is 1.70 bits per heavy atom. The fourth-order valence-corrected chi connectivity index (χ4v) is 8.86. The van der Waals surface area contributed by atoms with Crippen molar-refractivity contribution in [2.24, 2.45) is 22.7 Å². The molecule has 0 saturated heterocycles. The summed E-state index contributed by atoms with van der Waals surface area (Å²) in [4.78, 5) is 65.6. The molecule has 10 heteroatoms. The van der Waals surface area contributed by atoms with Gasteiger partial charge in [-0.25, -0.2) is 9.59 Å². The lowest BCUT2D eigenvalue weighted by Crippen LogP contribution is -2.64. The zero-order chi connectivity index (χ0) is 39.4. The van der Waals surface area contributed by atoms with Gasteiger partial charge in [0.2, 0.25) is 0 Å². The number of carbonyl (C=O) groups is 5. The van der Waals surface area contributed by atoms with Gasteiger partial charge in [-0.1, -0.05) is 88.0 Å². The highest BCUT2D eigenvalue weighted by atomic mass is 16.6. The molecule has 0 aliphatic heterocycles. The van der Waals surface area contributed by atoms with Crippen molar-refractivity contribution >= 4 is 42.0 Å². The molecule has 0 radical (unpaired) electrons. The van der Waals surface area contributed by atoms with Crippen molar-refractivity contribution in [2.75, 3.05) is 0 Å². The van der Waals surface area contributed by atoms with Crippen molar-refractivity contribution in [3.63, 3.8) is 0 Å². The second-order valence-corrected chi connectivity index (χ2v) is 15.2. The lowest BCUT2D eigenvalue weighted by molar-refractivity contribution is -0.204. The van der Waals surface area contributed by atoms with Crippen LogP contribution in [0.15, 0.2) is 96.1 Å². The first-order valence-corrected chi connectivity index (χ1v) is 18.3. The Morgan fingerprint density at radius 2 is 1.20 bits per heavy atom. The molecule has 8 atom stereocenters. The van der Waals surface area contributed by atoms with E-state index in [1.165, 1.54) is 32.9 Å². The Kier molecular flexibility index (Phi) is 12.1. The standard InChI is InChI=1S/C44H50O10/c1-26-34(53-36(48)21-19-31-15-11-9-12-16-31)23-24-44(8)39(26)40(50-28(3)45)33-25-35(54-37(49)22-20-32-17-13-10-14-18-32)27(2)38(43(33,6)7)41(51-29(4)46)42(44)52-30(5)47/h9-22,33-35,39-42H,1,23-25H2,2-8H3. The molecule has 2 fully saturated rings. The molecule has 0 N–H and O–H groups in total. The zero-order valence-electron chi connectivity index (χ0n) is 32.0. The Labute approximate surface area is 317 Å². The van der Waals surface area contributed by atoms with Gasteiger partial charge in [-0.15, -0.1) is 0 Å². The Morgan fingerprint density at radius 1 is 0.704 bits per heavy atom. The fourth-order valence-electron chi connectivity index (χ4n) is 8.86. The molecule has 0 aromatic heterocycles. The number of hydrogen-bond donors (Lipinski definition) is 0. The number of hydrogen-bond acceptors (Lipinski definition) is 10. The van der Waals surface area contributed by atoms with Gasteiger partial charge in [0.05, 0.1) is 0 Å².